The first kappa shape index (κ1) is 32.9. The largest absolute Gasteiger partial charge is 4.00 e. The van der Waals surface area contributed by atoms with Crippen molar-refractivity contribution in [3.8, 4) is 0 Å². The first-order valence-corrected chi connectivity index (χ1v) is 1.75. The van der Waals surface area contributed by atoms with Crippen molar-refractivity contribution in [1.29, 1.82) is 0 Å². The summed E-state index contributed by atoms with van der Waals surface area (Å²) in [5.74, 6) is 0. The Balaban J connectivity index is -0.0000000133. The fourth-order valence-corrected chi connectivity index (χ4v) is 0. The smallest absolute Gasteiger partial charge is 0.673 e. The van der Waals surface area contributed by atoms with Gasteiger partial charge in [-0.3, -0.25) is 0 Å². The molecule has 56 valence electrons. The molecule has 0 radical (unpaired) electrons. The third-order valence-corrected chi connectivity index (χ3v) is 0. The Morgan fingerprint density at radius 2 is 0.889 bits per heavy atom. The van der Waals surface area contributed by atoms with Crippen molar-refractivity contribution in [3.05, 3.63) is 28.0 Å². The average Bonchev–Trinajstić information content (AvgIpc) is 0.722. The van der Waals surface area contributed by atoms with Gasteiger partial charge in [0.15, 0.2) is 0 Å². The van der Waals surface area contributed by atoms with Crippen LogP contribution in [0.5, 0.6) is 0 Å². The molecule has 0 aliphatic heterocycles. The molecule has 0 spiro atoms. The van der Waals surface area contributed by atoms with E-state index in [9.17, 15) is 0 Å². The third-order valence-electron chi connectivity index (χ3n) is 0. The van der Waals surface area contributed by atoms with E-state index in [1.165, 1.54) is 0 Å². The molecule has 0 bridgehead atoms. The van der Waals surface area contributed by atoms with Gasteiger partial charge in [-0.2, -0.15) is 0 Å². The molecule has 0 aromatic carbocycles. The zero-order chi connectivity index (χ0) is 4.50. The molecule has 0 heterocycles. The molecule has 0 fully saturated rings. The summed E-state index contributed by atoms with van der Waals surface area (Å²) in [6.07, 6.45) is 0. The maximum atomic E-state index is 6.94. The second-order valence-electron chi connectivity index (χ2n) is 2.25. The topological polar surface area (TPSA) is 23.8 Å². The zero-order valence-electron chi connectivity index (χ0n) is 7.50. The van der Waals surface area contributed by atoms with Gasteiger partial charge in [0.05, 0.1) is 0 Å². The molecule has 2 heteroatoms. The first-order valence-electron chi connectivity index (χ1n) is 1.75. The molecule has 1 N–H and O–H groups in total. The Morgan fingerprint density at radius 1 is 0.889 bits per heavy atom. The van der Waals surface area contributed by atoms with E-state index in [1.807, 2.05) is 20.8 Å². The summed E-state index contributed by atoms with van der Waals surface area (Å²) < 4.78 is 0. The Labute approximate surface area is 80.2 Å². The van der Waals surface area contributed by atoms with Crippen LogP contribution < -0.4 is 0 Å². The maximum Gasteiger partial charge on any atom is 4.00 e. The normalized spacial score (nSPS) is 6.67. The van der Waals surface area contributed by atoms with Crippen LogP contribution in [0.2, 0.25) is 0 Å². The molecule has 0 atom stereocenters. The molecule has 1 nitrogen and oxygen atoms in total. The Morgan fingerprint density at radius 3 is 0.889 bits per heavy atom. The molecule has 0 saturated heterocycles. The summed E-state index contributed by atoms with van der Waals surface area (Å²) in [6.45, 7) is 5.56. The summed E-state index contributed by atoms with van der Waals surface area (Å²) in [7, 11) is 0. The molecule has 0 saturated carbocycles. The minimum absolute atomic E-state index is 0. The van der Waals surface area contributed by atoms with Gasteiger partial charge in [-0.1, -0.05) is 20.8 Å². The van der Waals surface area contributed by atoms with E-state index in [0.717, 1.165) is 0 Å². The van der Waals surface area contributed by atoms with Gasteiger partial charge >= 0.3 is 25.8 Å². The second kappa shape index (κ2) is 11.6. The molecular formula is C7H19HfN. The van der Waals surface area contributed by atoms with Gasteiger partial charge in [0.2, 0.25) is 0 Å². The predicted molar refractivity (Wildman–Crippen MR) is 43.3 cm³/mol. The molecule has 9 heavy (non-hydrogen) atoms. The van der Waals surface area contributed by atoms with E-state index in [0.29, 0.717) is 0 Å². The van der Waals surface area contributed by atoms with Crippen LogP contribution in [0.25, 0.3) is 5.73 Å². The van der Waals surface area contributed by atoms with Gasteiger partial charge in [-0.05, 0) is 0 Å². The number of hydrogen-bond acceptors (Lipinski definition) is 0. The van der Waals surface area contributed by atoms with Crippen LogP contribution >= 0.6 is 0 Å². The quantitative estimate of drug-likeness (QED) is 0.484. The van der Waals surface area contributed by atoms with Crippen LogP contribution in [0.1, 0.15) is 20.8 Å². The zero-order valence-corrected chi connectivity index (χ0v) is 11.1. The van der Waals surface area contributed by atoms with Gasteiger partial charge in [0.25, 0.3) is 0 Å². The van der Waals surface area contributed by atoms with Gasteiger partial charge < -0.3 is 28.0 Å². The Kier molecular flexibility index (Phi) is 42.4. The second-order valence-corrected chi connectivity index (χ2v) is 2.25. The summed E-state index contributed by atoms with van der Waals surface area (Å²) in [5, 5.41) is 0. The summed E-state index contributed by atoms with van der Waals surface area (Å²) >= 11 is 0. The van der Waals surface area contributed by atoms with Gasteiger partial charge in [-0.25, -0.2) is 0 Å². The van der Waals surface area contributed by atoms with E-state index in [1.54, 1.807) is 0 Å². The van der Waals surface area contributed by atoms with Crippen molar-refractivity contribution < 1.29 is 25.8 Å². The molecule has 0 amide bonds. The van der Waals surface area contributed by atoms with Crippen molar-refractivity contribution in [3.63, 3.8) is 0 Å². The van der Waals surface area contributed by atoms with Crippen molar-refractivity contribution >= 4 is 0 Å². The van der Waals surface area contributed by atoms with E-state index in [4.69, 9.17) is 5.73 Å². The third kappa shape index (κ3) is 598. The summed E-state index contributed by atoms with van der Waals surface area (Å²) in [5.41, 5.74) is 6.69. The van der Waals surface area contributed by atoms with Crippen LogP contribution in [-0.4, -0.2) is 5.54 Å². The van der Waals surface area contributed by atoms with Crippen molar-refractivity contribution in [2.24, 2.45) is 0 Å². The van der Waals surface area contributed by atoms with E-state index in [-0.39, 0.29) is 53.7 Å². The Hall–Kier alpha value is 0.830. The van der Waals surface area contributed by atoms with Gasteiger partial charge in [-0.15, -0.1) is 5.54 Å². The molecule has 0 aromatic rings. The predicted octanol–water partition coefficient (Wildman–Crippen LogP) is 3.19. The maximum absolute atomic E-state index is 6.94. The molecule has 0 rings (SSSR count). The van der Waals surface area contributed by atoms with Crippen LogP contribution in [0.15, 0.2) is 0 Å². The fraction of sp³-hybridized carbons (Fsp3) is 0.571. The van der Waals surface area contributed by atoms with Gasteiger partial charge in [0.1, 0.15) is 0 Å². The van der Waals surface area contributed by atoms with E-state index >= 15 is 0 Å². The van der Waals surface area contributed by atoms with Crippen LogP contribution in [0, 0.1) is 22.3 Å². The monoisotopic (exact) mass is 297 g/mol. The molecule has 0 aromatic heterocycles. The van der Waals surface area contributed by atoms with Gasteiger partial charge in [0, 0.05) is 0 Å². The fourth-order valence-electron chi connectivity index (χ4n) is 0. The van der Waals surface area contributed by atoms with Crippen molar-refractivity contribution in [2.45, 2.75) is 26.3 Å². The summed E-state index contributed by atoms with van der Waals surface area (Å²) in [4.78, 5) is 0. The van der Waals surface area contributed by atoms with Crippen LogP contribution in [-0.2, 0) is 25.8 Å². The molecule has 0 aliphatic rings. The summed E-state index contributed by atoms with van der Waals surface area (Å²) in [6, 6.07) is 0. The van der Waals surface area contributed by atoms with E-state index in [2.05, 4.69) is 0 Å². The van der Waals surface area contributed by atoms with Crippen molar-refractivity contribution in [2.75, 3.05) is 0 Å². The Bertz CT molecular complexity index is 24.4. The number of rotatable bonds is 0. The molecule has 0 aliphatic carbocycles. The molecular weight excluding hydrogens is 277 g/mol. The SMILES string of the molecule is CC(C)(C)[NH-].[CH3-].[CH3-].[CH3-].[Hf+4]. The first-order chi connectivity index (χ1) is 2.00. The standard InChI is InChI=1S/C4H10N.3CH3.Hf/c1-4(2,3)5;;;;/h5H,1-3H3;3*1H3;/q4*-1;+4. The average molecular weight is 296 g/mol. The minimum Gasteiger partial charge on any atom is -0.673 e. The van der Waals surface area contributed by atoms with Crippen LogP contribution in [0.4, 0.5) is 0 Å². The molecule has 0 unspecified atom stereocenters. The number of nitrogens with one attached hydrogen (secondary N) is 1. The minimum atomic E-state index is -0.250. The van der Waals surface area contributed by atoms with Crippen LogP contribution in [0.3, 0.4) is 0 Å². The van der Waals surface area contributed by atoms with E-state index < -0.39 is 0 Å². The number of hydrogen-bond donors (Lipinski definition) is 0. The van der Waals surface area contributed by atoms with Crippen molar-refractivity contribution in [1.82, 2.24) is 0 Å².